The summed E-state index contributed by atoms with van der Waals surface area (Å²) in [5.41, 5.74) is 8.75. The summed E-state index contributed by atoms with van der Waals surface area (Å²) < 4.78 is 10.7. The van der Waals surface area contributed by atoms with Gasteiger partial charge in [-0.15, -0.1) is 0 Å². The van der Waals surface area contributed by atoms with E-state index in [0.29, 0.717) is 19.8 Å². The quantitative estimate of drug-likeness (QED) is 0.891. The minimum Gasteiger partial charge on any atom is -0.376 e. The van der Waals surface area contributed by atoms with Gasteiger partial charge in [0.2, 0.25) is 0 Å². The van der Waals surface area contributed by atoms with Crippen molar-refractivity contribution in [3.05, 3.63) is 35.4 Å². The van der Waals surface area contributed by atoms with Crippen molar-refractivity contribution in [1.29, 1.82) is 0 Å². The monoisotopic (exact) mass is 249 g/mol. The van der Waals surface area contributed by atoms with E-state index in [1.165, 1.54) is 5.56 Å². The van der Waals surface area contributed by atoms with Gasteiger partial charge in [0.05, 0.1) is 25.9 Å². The number of nitrogens with two attached hydrogens (primary N) is 1. The fourth-order valence-corrected chi connectivity index (χ4v) is 1.88. The Kier molecular flexibility index (Phi) is 4.05. The summed E-state index contributed by atoms with van der Waals surface area (Å²) in [6.45, 7) is 8.60. The lowest BCUT2D eigenvalue weighted by molar-refractivity contribution is -0.131. The molecule has 1 aliphatic heterocycles. The van der Waals surface area contributed by atoms with Gasteiger partial charge in [-0.3, -0.25) is 0 Å². The average Bonchev–Trinajstić information content (AvgIpc) is 2.26. The number of hydrogen-bond donors (Lipinski definition) is 1. The van der Waals surface area contributed by atoms with Crippen LogP contribution in [0.3, 0.4) is 0 Å². The second-order valence-electron chi connectivity index (χ2n) is 5.97. The Morgan fingerprint density at radius 2 is 1.89 bits per heavy atom. The molecule has 1 saturated heterocycles. The molecule has 1 heterocycles. The fraction of sp³-hybridized carbons (Fsp3) is 0.600. The highest BCUT2D eigenvalue weighted by molar-refractivity contribution is 5.29. The Bertz CT molecular complexity index is 376. The van der Waals surface area contributed by atoms with Gasteiger partial charge in [0.1, 0.15) is 6.10 Å². The van der Waals surface area contributed by atoms with Crippen molar-refractivity contribution >= 4 is 0 Å². The Balaban J connectivity index is 1.91. The molecule has 1 aromatic rings. The molecule has 2 N–H and O–H groups in total. The molecule has 3 nitrogen and oxygen atoms in total. The van der Waals surface area contributed by atoms with Gasteiger partial charge in [-0.05, 0) is 16.5 Å². The van der Waals surface area contributed by atoms with Gasteiger partial charge in [-0.2, -0.15) is 0 Å². The summed E-state index contributed by atoms with van der Waals surface area (Å²) in [5.74, 6) is 0. The third-order valence-corrected chi connectivity index (χ3v) is 3.32. The lowest BCUT2D eigenvalue weighted by Crippen LogP contribution is -2.37. The number of rotatable bonds is 4. The van der Waals surface area contributed by atoms with Crippen molar-refractivity contribution in [3.8, 4) is 0 Å². The molecule has 3 heteroatoms. The zero-order valence-electron chi connectivity index (χ0n) is 11.5. The van der Waals surface area contributed by atoms with Crippen LogP contribution in [0.2, 0.25) is 0 Å². The van der Waals surface area contributed by atoms with Crippen molar-refractivity contribution in [2.75, 3.05) is 19.8 Å². The molecule has 0 saturated carbocycles. The van der Waals surface area contributed by atoms with Gasteiger partial charge < -0.3 is 15.2 Å². The van der Waals surface area contributed by atoms with E-state index < -0.39 is 0 Å². The Morgan fingerprint density at radius 1 is 1.28 bits per heavy atom. The molecular weight excluding hydrogens is 226 g/mol. The molecule has 1 atom stereocenters. The minimum absolute atomic E-state index is 0.0559. The van der Waals surface area contributed by atoms with E-state index in [2.05, 4.69) is 45.0 Å². The Morgan fingerprint density at radius 3 is 2.33 bits per heavy atom. The molecule has 0 bridgehead atoms. The molecule has 2 rings (SSSR count). The highest BCUT2D eigenvalue weighted by Gasteiger charge is 2.20. The largest absolute Gasteiger partial charge is 0.376 e. The van der Waals surface area contributed by atoms with Gasteiger partial charge in [-0.1, -0.05) is 45.0 Å². The predicted octanol–water partition coefficient (Wildman–Crippen LogP) is 2.40. The molecule has 1 aliphatic rings. The third-order valence-electron chi connectivity index (χ3n) is 3.32. The van der Waals surface area contributed by atoms with E-state index in [1.54, 1.807) is 0 Å². The molecule has 0 aromatic heterocycles. The highest BCUT2D eigenvalue weighted by atomic mass is 16.6. The van der Waals surface area contributed by atoms with E-state index in [4.69, 9.17) is 15.2 Å². The number of hydrogen-bond acceptors (Lipinski definition) is 3. The van der Waals surface area contributed by atoms with Crippen molar-refractivity contribution in [2.24, 2.45) is 5.73 Å². The van der Waals surface area contributed by atoms with Crippen LogP contribution < -0.4 is 5.73 Å². The summed E-state index contributed by atoms with van der Waals surface area (Å²) in [5, 5.41) is 0. The first kappa shape index (κ1) is 13.5. The smallest absolute Gasteiger partial charge is 0.104 e. The standard InChI is InChI=1S/C15H23NO2/c1-15(2,3)12-6-4-11(5-7-12)14(16)10-18-13-8-17-9-13/h4-7,13-14H,8-10,16H2,1-3H3. The number of ether oxygens (including phenoxy) is 2. The molecule has 0 amide bonds. The average molecular weight is 249 g/mol. The van der Waals surface area contributed by atoms with Gasteiger partial charge >= 0.3 is 0 Å². The van der Waals surface area contributed by atoms with Crippen molar-refractivity contribution in [2.45, 2.75) is 38.3 Å². The molecule has 0 spiro atoms. The third kappa shape index (κ3) is 3.31. The second kappa shape index (κ2) is 5.39. The summed E-state index contributed by atoms with van der Waals surface area (Å²) in [6, 6.07) is 8.46. The first-order chi connectivity index (χ1) is 8.47. The maximum Gasteiger partial charge on any atom is 0.104 e. The summed E-state index contributed by atoms with van der Waals surface area (Å²) >= 11 is 0. The van der Waals surface area contributed by atoms with Gasteiger partial charge in [0.25, 0.3) is 0 Å². The van der Waals surface area contributed by atoms with E-state index >= 15 is 0 Å². The van der Waals surface area contributed by atoms with E-state index in [1.807, 2.05) is 0 Å². The summed E-state index contributed by atoms with van der Waals surface area (Å²) in [6.07, 6.45) is 0.241. The first-order valence-corrected chi connectivity index (χ1v) is 6.52. The van der Waals surface area contributed by atoms with E-state index in [9.17, 15) is 0 Å². The van der Waals surface area contributed by atoms with Crippen molar-refractivity contribution in [1.82, 2.24) is 0 Å². The second-order valence-corrected chi connectivity index (χ2v) is 5.97. The lowest BCUT2D eigenvalue weighted by Gasteiger charge is -2.27. The van der Waals surface area contributed by atoms with Crippen molar-refractivity contribution in [3.63, 3.8) is 0 Å². The Hall–Kier alpha value is -0.900. The van der Waals surface area contributed by atoms with Crippen LogP contribution in [0.15, 0.2) is 24.3 Å². The van der Waals surface area contributed by atoms with Crippen LogP contribution in [0.1, 0.15) is 37.9 Å². The minimum atomic E-state index is -0.0559. The fourth-order valence-electron chi connectivity index (χ4n) is 1.88. The topological polar surface area (TPSA) is 44.5 Å². The van der Waals surface area contributed by atoms with Gasteiger partial charge in [-0.25, -0.2) is 0 Å². The Labute approximate surface area is 109 Å². The molecule has 18 heavy (non-hydrogen) atoms. The summed E-state index contributed by atoms with van der Waals surface area (Å²) in [4.78, 5) is 0. The lowest BCUT2D eigenvalue weighted by atomic mass is 9.86. The van der Waals surface area contributed by atoms with Crippen LogP contribution in [0.25, 0.3) is 0 Å². The van der Waals surface area contributed by atoms with Crippen LogP contribution >= 0.6 is 0 Å². The van der Waals surface area contributed by atoms with Crippen LogP contribution in [0.5, 0.6) is 0 Å². The maximum absolute atomic E-state index is 6.12. The highest BCUT2D eigenvalue weighted by Crippen LogP contribution is 2.23. The van der Waals surface area contributed by atoms with E-state index in [0.717, 1.165) is 5.56 Å². The molecular formula is C15H23NO2. The first-order valence-electron chi connectivity index (χ1n) is 6.52. The molecule has 1 unspecified atom stereocenters. The van der Waals surface area contributed by atoms with Crippen LogP contribution in [0.4, 0.5) is 0 Å². The molecule has 1 fully saturated rings. The molecule has 0 aliphatic carbocycles. The zero-order valence-corrected chi connectivity index (χ0v) is 11.5. The number of benzene rings is 1. The van der Waals surface area contributed by atoms with Crippen LogP contribution in [-0.4, -0.2) is 25.9 Å². The van der Waals surface area contributed by atoms with Crippen molar-refractivity contribution < 1.29 is 9.47 Å². The van der Waals surface area contributed by atoms with Gasteiger partial charge in [0, 0.05) is 0 Å². The SMILES string of the molecule is CC(C)(C)c1ccc(C(N)COC2COC2)cc1. The molecule has 100 valence electrons. The normalized spacial score (nSPS) is 18.4. The molecule has 1 aromatic carbocycles. The van der Waals surface area contributed by atoms with Crippen LogP contribution in [0, 0.1) is 0 Å². The predicted molar refractivity (Wildman–Crippen MR) is 72.6 cm³/mol. The van der Waals surface area contributed by atoms with Gasteiger partial charge in [0.15, 0.2) is 0 Å². The molecule has 0 radical (unpaired) electrons. The maximum atomic E-state index is 6.12. The summed E-state index contributed by atoms with van der Waals surface area (Å²) in [7, 11) is 0. The zero-order chi connectivity index (χ0) is 13.2. The van der Waals surface area contributed by atoms with Crippen LogP contribution in [-0.2, 0) is 14.9 Å². The van der Waals surface area contributed by atoms with E-state index in [-0.39, 0.29) is 17.6 Å².